The highest BCUT2D eigenvalue weighted by atomic mass is 19.1. The van der Waals surface area contributed by atoms with Crippen LogP contribution in [0, 0.1) is 5.82 Å². The Morgan fingerprint density at radius 2 is 1.39 bits per heavy atom. The summed E-state index contributed by atoms with van der Waals surface area (Å²) in [5.74, 6) is 0.623. The Morgan fingerprint density at radius 1 is 0.889 bits per heavy atom. The van der Waals surface area contributed by atoms with E-state index in [1.807, 2.05) is 0 Å². The summed E-state index contributed by atoms with van der Waals surface area (Å²) in [6, 6.07) is 3.92. The molecule has 0 heterocycles. The zero-order valence-corrected chi connectivity index (χ0v) is 12.5. The number of rotatable bonds is 1. The quantitative estimate of drug-likeness (QED) is 0.632. The van der Waals surface area contributed by atoms with E-state index in [1.54, 1.807) is 6.07 Å². The topological polar surface area (TPSA) is 0 Å². The summed E-state index contributed by atoms with van der Waals surface area (Å²) in [7, 11) is 0. The van der Waals surface area contributed by atoms with Crippen LogP contribution >= 0.6 is 0 Å². The maximum atomic E-state index is 14.3. The van der Waals surface area contributed by atoms with Crippen molar-refractivity contribution < 1.29 is 4.39 Å². The number of halogens is 1. The van der Waals surface area contributed by atoms with Crippen molar-refractivity contribution in [3.63, 3.8) is 0 Å². The van der Waals surface area contributed by atoms with Crippen LogP contribution in [0.15, 0.2) is 12.1 Å². The van der Waals surface area contributed by atoms with Crippen molar-refractivity contribution in [3.05, 3.63) is 34.6 Å². The minimum atomic E-state index is -0.121. The van der Waals surface area contributed by atoms with Gasteiger partial charge in [0.2, 0.25) is 0 Å². The lowest BCUT2D eigenvalue weighted by atomic mass is 9.78. The van der Waals surface area contributed by atoms with Crippen LogP contribution in [0.5, 0.6) is 0 Å². The van der Waals surface area contributed by atoms with Crippen molar-refractivity contribution in [1.82, 2.24) is 0 Å². The van der Waals surface area contributed by atoms with Crippen LogP contribution in [0.25, 0.3) is 0 Å². The van der Waals surface area contributed by atoms with Gasteiger partial charge in [-0.05, 0) is 52.3 Å². The summed E-state index contributed by atoms with van der Waals surface area (Å²) >= 11 is 0. The molecule has 0 aliphatic heterocycles. The molecule has 1 saturated carbocycles. The Hall–Kier alpha value is -0.850. The average molecular weight is 248 g/mol. The SMILES string of the molecule is CC(C)(C)c1cc(C2CC2)c(C(C)(C)C)cc1F. The molecule has 0 unspecified atom stereocenters. The molecule has 100 valence electrons. The third-order valence-electron chi connectivity index (χ3n) is 3.77. The molecule has 0 atom stereocenters. The molecule has 0 nitrogen and oxygen atoms in total. The van der Waals surface area contributed by atoms with Crippen LogP contribution in [0.3, 0.4) is 0 Å². The second-order valence-electron chi connectivity index (χ2n) is 7.69. The molecule has 1 heteroatoms. The van der Waals surface area contributed by atoms with E-state index in [1.165, 1.54) is 24.0 Å². The van der Waals surface area contributed by atoms with E-state index >= 15 is 0 Å². The molecule has 0 spiro atoms. The molecule has 1 aliphatic carbocycles. The van der Waals surface area contributed by atoms with E-state index in [9.17, 15) is 4.39 Å². The summed E-state index contributed by atoms with van der Waals surface area (Å²) in [6.07, 6.45) is 2.52. The fraction of sp³-hybridized carbons (Fsp3) is 0.647. The van der Waals surface area contributed by atoms with Crippen molar-refractivity contribution in [2.24, 2.45) is 0 Å². The first-order chi connectivity index (χ1) is 8.10. The van der Waals surface area contributed by atoms with Gasteiger partial charge in [0.25, 0.3) is 0 Å². The zero-order chi connectivity index (χ0) is 13.7. The van der Waals surface area contributed by atoms with Crippen LogP contribution in [0.2, 0.25) is 0 Å². The second kappa shape index (κ2) is 4.08. The number of benzene rings is 1. The van der Waals surface area contributed by atoms with Gasteiger partial charge < -0.3 is 0 Å². The van der Waals surface area contributed by atoms with Gasteiger partial charge in [0, 0.05) is 0 Å². The predicted molar refractivity (Wildman–Crippen MR) is 75.8 cm³/mol. The van der Waals surface area contributed by atoms with Crippen LogP contribution in [0.1, 0.15) is 77.0 Å². The predicted octanol–water partition coefficient (Wildman–Crippen LogP) is 5.30. The molecule has 0 saturated heterocycles. The normalized spacial score (nSPS) is 17.1. The van der Waals surface area contributed by atoms with Crippen LogP contribution in [-0.4, -0.2) is 0 Å². The summed E-state index contributed by atoms with van der Waals surface area (Å²) in [5, 5.41) is 0. The average Bonchev–Trinajstić information content (AvgIpc) is 2.97. The van der Waals surface area contributed by atoms with Crippen LogP contribution in [-0.2, 0) is 10.8 Å². The van der Waals surface area contributed by atoms with Gasteiger partial charge in [0.1, 0.15) is 5.82 Å². The number of hydrogen-bond acceptors (Lipinski definition) is 0. The fourth-order valence-corrected chi connectivity index (χ4v) is 2.55. The molecular weight excluding hydrogens is 223 g/mol. The summed E-state index contributed by atoms with van der Waals surface area (Å²) in [5.41, 5.74) is 3.33. The molecule has 0 amide bonds. The molecule has 0 aromatic heterocycles. The molecule has 1 aromatic carbocycles. The fourth-order valence-electron chi connectivity index (χ4n) is 2.55. The Balaban J connectivity index is 2.60. The van der Waals surface area contributed by atoms with E-state index in [2.05, 4.69) is 47.6 Å². The summed E-state index contributed by atoms with van der Waals surface area (Å²) in [6.45, 7) is 12.8. The molecule has 1 aromatic rings. The van der Waals surface area contributed by atoms with Crippen molar-refractivity contribution in [1.29, 1.82) is 0 Å². The van der Waals surface area contributed by atoms with Crippen LogP contribution in [0.4, 0.5) is 4.39 Å². The molecule has 1 fully saturated rings. The lowest BCUT2D eigenvalue weighted by Crippen LogP contribution is -2.19. The highest BCUT2D eigenvalue weighted by Gasteiger charge is 2.32. The van der Waals surface area contributed by atoms with E-state index in [0.717, 1.165) is 5.56 Å². The first kappa shape index (κ1) is 13.6. The van der Waals surface area contributed by atoms with Gasteiger partial charge in [-0.3, -0.25) is 0 Å². The maximum Gasteiger partial charge on any atom is 0.127 e. The summed E-state index contributed by atoms with van der Waals surface area (Å²) < 4.78 is 14.3. The number of hydrogen-bond donors (Lipinski definition) is 0. The Morgan fingerprint density at radius 3 is 1.78 bits per heavy atom. The van der Waals surface area contributed by atoms with Crippen molar-refractivity contribution in [2.75, 3.05) is 0 Å². The smallest absolute Gasteiger partial charge is 0.127 e. The highest BCUT2D eigenvalue weighted by Crippen LogP contribution is 2.46. The van der Waals surface area contributed by atoms with E-state index < -0.39 is 0 Å². The largest absolute Gasteiger partial charge is 0.207 e. The highest BCUT2D eigenvalue weighted by molar-refractivity contribution is 5.43. The summed E-state index contributed by atoms with van der Waals surface area (Å²) in [4.78, 5) is 0. The van der Waals surface area contributed by atoms with Gasteiger partial charge in [0.05, 0.1) is 0 Å². The zero-order valence-electron chi connectivity index (χ0n) is 12.5. The van der Waals surface area contributed by atoms with Gasteiger partial charge in [0.15, 0.2) is 0 Å². The standard InChI is InChI=1S/C17H25F/c1-16(2,3)13-10-15(18)14(17(4,5)6)9-12(13)11-7-8-11/h9-11H,7-8H2,1-6H3. The first-order valence-electron chi connectivity index (χ1n) is 6.95. The van der Waals surface area contributed by atoms with Crippen molar-refractivity contribution in [3.8, 4) is 0 Å². The van der Waals surface area contributed by atoms with Crippen molar-refractivity contribution in [2.45, 2.75) is 71.1 Å². The maximum absolute atomic E-state index is 14.3. The Bertz CT molecular complexity index is 454. The molecule has 1 aliphatic rings. The first-order valence-corrected chi connectivity index (χ1v) is 6.95. The molecule has 0 N–H and O–H groups in total. The molecule has 18 heavy (non-hydrogen) atoms. The minimum absolute atomic E-state index is 0.0230. The molecule has 0 bridgehead atoms. The van der Waals surface area contributed by atoms with E-state index in [4.69, 9.17) is 0 Å². The van der Waals surface area contributed by atoms with E-state index in [-0.39, 0.29) is 16.6 Å². The van der Waals surface area contributed by atoms with Gasteiger partial charge in [-0.2, -0.15) is 0 Å². The third-order valence-corrected chi connectivity index (χ3v) is 3.77. The minimum Gasteiger partial charge on any atom is -0.207 e. The van der Waals surface area contributed by atoms with E-state index in [0.29, 0.717) is 5.92 Å². The Labute approximate surface area is 111 Å². The van der Waals surface area contributed by atoms with Gasteiger partial charge in [-0.25, -0.2) is 4.39 Å². The Kier molecular flexibility index (Phi) is 3.08. The third kappa shape index (κ3) is 2.60. The van der Waals surface area contributed by atoms with Gasteiger partial charge >= 0.3 is 0 Å². The molecular formula is C17H25F. The second-order valence-corrected chi connectivity index (χ2v) is 7.69. The van der Waals surface area contributed by atoms with Crippen LogP contribution < -0.4 is 0 Å². The monoisotopic (exact) mass is 248 g/mol. The van der Waals surface area contributed by atoms with Crippen molar-refractivity contribution >= 4 is 0 Å². The lowest BCUT2D eigenvalue weighted by Gasteiger charge is -2.27. The van der Waals surface area contributed by atoms with Gasteiger partial charge in [-0.15, -0.1) is 0 Å². The van der Waals surface area contributed by atoms with Gasteiger partial charge in [-0.1, -0.05) is 47.6 Å². The molecule has 0 radical (unpaired) electrons. The molecule has 2 rings (SSSR count). The lowest BCUT2D eigenvalue weighted by molar-refractivity contribution is 0.510.